The van der Waals surface area contributed by atoms with Crippen LogP contribution in [0.4, 0.5) is 5.69 Å². The molecule has 2 amide bonds. The Kier molecular flexibility index (Phi) is 10.7. The summed E-state index contributed by atoms with van der Waals surface area (Å²) in [4.78, 5) is 28.5. The normalized spacial score (nSPS) is 12.0. The Morgan fingerprint density at radius 1 is 0.949 bits per heavy atom. The van der Waals surface area contributed by atoms with Crippen molar-refractivity contribution in [3.8, 4) is 0 Å². The molecule has 208 valence electrons. The first-order valence-electron chi connectivity index (χ1n) is 13.0. The molecular formula is C30H36BrN3O4S. The molecular weight excluding hydrogens is 578 g/mol. The van der Waals surface area contributed by atoms with Gasteiger partial charge in [-0.1, -0.05) is 76.8 Å². The largest absolute Gasteiger partial charge is 0.354 e. The van der Waals surface area contributed by atoms with Gasteiger partial charge in [0.05, 0.1) is 10.6 Å². The number of hydrogen-bond acceptors (Lipinski definition) is 4. The SMILES string of the molecule is CCCCNC(=O)C(C)N(Cc1cccc(C)c1)C(=O)CN(c1ccc(Br)cc1)S(=O)(=O)c1ccc(C)cc1. The third kappa shape index (κ3) is 8.16. The van der Waals surface area contributed by atoms with Crippen LogP contribution in [-0.4, -0.2) is 44.3 Å². The van der Waals surface area contributed by atoms with Gasteiger partial charge in [0.1, 0.15) is 12.6 Å². The van der Waals surface area contributed by atoms with E-state index in [-0.39, 0.29) is 17.3 Å². The van der Waals surface area contributed by atoms with Crippen LogP contribution in [0.1, 0.15) is 43.4 Å². The van der Waals surface area contributed by atoms with Gasteiger partial charge < -0.3 is 10.2 Å². The molecule has 0 aliphatic heterocycles. The van der Waals surface area contributed by atoms with E-state index in [2.05, 4.69) is 21.2 Å². The van der Waals surface area contributed by atoms with E-state index in [4.69, 9.17) is 0 Å². The van der Waals surface area contributed by atoms with Crippen molar-refractivity contribution in [2.24, 2.45) is 0 Å². The maximum Gasteiger partial charge on any atom is 0.264 e. The molecule has 39 heavy (non-hydrogen) atoms. The number of amides is 2. The zero-order chi connectivity index (χ0) is 28.6. The third-order valence-electron chi connectivity index (χ3n) is 6.43. The first kappa shape index (κ1) is 30.4. The molecule has 3 aromatic carbocycles. The van der Waals surface area contributed by atoms with Crippen molar-refractivity contribution in [1.82, 2.24) is 10.2 Å². The van der Waals surface area contributed by atoms with Crippen LogP contribution in [0, 0.1) is 13.8 Å². The first-order valence-corrected chi connectivity index (χ1v) is 15.2. The molecule has 7 nitrogen and oxygen atoms in total. The number of unbranched alkanes of at least 4 members (excludes halogenated alkanes) is 1. The molecule has 9 heteroatoms. The second-order valence-electron chi connectivity index (χ2n) is 9.63. The minimum absolute atomic E-state index is 0.0828. The number of rotatable bonds is 12. The fourth-order valence-electron chi connectivity index (χ4n) is 4.10. The third-order valence-corrected chi connectivity index (χ3v) is 8.75. The minimum atomic E-state index is -4.09. The van der Waals surface area contributed by atoms with Gasteiger partial charge in [0.25, 0.3) is 10.0 Å². The Bertz CT molecular complexity index is 1380. The van der Waals surface area contributed by atoms with Gasteiger partial charge in [-0.25, -0.2) is 8.42 Å². The predicted molar refractivity (Wildman–Crippen MR) is 159 cm³/mol. The zero-order valence-electron chi connectivity index (χ0n) is 22.9. The highest BCUT2D eigenvalue weighted by molar-refractivity contribution is 9.10. The molecule has 0 saturated carbocycles. The van der Waals surface area contributed by atoms with E-state index in [0.717, 1.165) is 38.3 Å². The van der Waals surface area contributed by atoms with E-state index in [1.165, 1.54) is 17.0 Å². The van der Waals surface area contributed by atoms with Crippen molar-refractivity contribution in [3.05, 3.63) is 94.0 Å². The molecule has 3 rings (SSSR count). The average Bonchev–Trinajstić information content (AvgIpc) is 2.90. The molecule has 0 heterocycles. The Labute approximate surface area is 240 Å². The summed E-state index contributed by atoms with van der Waals surface area (Å²) in [5, 5.41) is 2.90. The number of carbonyl (C=O) groups is 2. The van der Waals surface area contributed by atoms with Crippen molar-refractivity contribution >= 4 is 43.5 Å². The number of nitrogens with zero attached hydrogens (tertiary/aromatic N) is 2. The van der Waals surface area contributed by atoms with Crippen molar-refractivity contribution in [3.63, 3.8) is 0 Å². The quantitative estimate of drug-likeness (QED) is 0.270. The smallest absolute Gasteiger partial charge is 0.264 e. The minimum Gasteiger partial charge on any atom is -0.354 e. The summed E-state index contributed by atoms with van der Waals surface area (Å²) in [6, 6.07) is 20.2. The van der Waals surface area contributed by atoms with E-state index < -0.39 is 28.5 Å². The number of nitrogens with one attached hydrogen (secondary N) is 1. The lowest BCUT2D eigenvalue weighted by molar-refractivity contribution is -0.139. The molecule has 0 spiro atoms. The lowest BCUT2D eigenvalue weighted by Gasteiger charge is -2.32. The van der Waals surface area contributed by atoms with Gasteiger partial charge in [-0.2, -0.15) is 0 Å². The number of carbonyl (C=O) groups excluding carboxylic acids is 2. The second-order valence-corrected chi connectivity index (χ2v) is 12.4. The zero-order valence-corrected chi connectivity index (χ0v) is 25.3. The van der Waals surface area contributed by atoms with Crippen LogP contribution in [0.3, 0.4) is 0 Å². The van der Waals surface area contributed by atoms with Crippen molar-refractivity contribution < 1.29 is 18.0 Å². The number of aryl methyl sites for hydroxylation is 2. The van der Waals surface area contributed by atoms with Crippen molar-refractivity contribution in [2.75, 3.05) is 17.4 Å². The molecule has 0 radical (unpaired) electrons. The Hall–Kier alpha value is -3.17. The highest BCUT2D eigenvalue weighted by Gasteiger charge is 2.32. The highest BCUT2D eigenvalue weighted by Crippen LogP contribution is 2.26. The van der Waals surface area contributed by atoms with Crippen molar-refractivity contribution in [2.45, 2.75) is 58.0 Å². The molecule has 1 unspecified atom stereocenters. The molecule has 1 atom stereocenters. The summed E-state index contributed by atoms with van der Waals surface area (Å²) in [6.45, 7) is 7.76. The predicted octanol–water partition coefficient (Wildman–Crippen LogP) is 5.59. The fourth-order valence-corrected chi connectivity index (χ4v) is 5.78. The van der Waals surface area contributed by atoms with Gasteiger partial charge in [-0.05, 0) is 69.2 Å². The number of anilines is 1. The average molecular weight is 615 g/mol. The van der Waals surface area contributed by atoms with Gasteiger partial charge in [0.2, 0.25) is 11.8 Å². The van der Waals surface area contributed by atoms with Gasteiger partial charge in [-0.15, -0.1) is 0 Å². The molecule has 1 N–H and O–H groups in total. The molecule has 3 aromatic rings. The first-order chi connectivity index (χ1) is 18.5. The summed E-state index contributed by atoms with van der Waals surface area (Å²) in [5.41, 5.74) is 3.15. The summed E-state index contributed by atoms with van der Waals surface area (Å²) in [5.74, 6) is -0.755. The highest BCUT2D eigenvalue weighted by atomic mass is 79.9. The molecule has 0 aliphatic rings. The van der Waals surface area contributed by atoms with Crippen LogP contribution in [-0.2, 0) is 26.2 Å². The summed E-state index contributed by atoms with van der Waals surface area (Å²) >= 11 is 3.39. The van der Waals surface area contributed by atoms with Crippen LogP contribution in [0.5, 0.6) is 0 Å². The van der Waals surface area contributed by atoms with E-state index in [9.17, 15) is 18.0 Å². The molecule has 0 aromatic heterocycles. The summed E-state index contributed by atoms with van der Waals surface area (Å²) in [6.07, 6.45) is 1.76. The lowest BCUT2D eigenvalue weighted by Crippen LogP contribution is -2.51. The van der Waals surface area contributed by atoms with E-state index in [0.29, 0.717) is 12.2 Å². The topological polar surface area (TPSA) is 86.8 Å². The fraction of sp³-hybridized carbons (Fsp3) is 0.333. The monoisotopic (exact) mass is 613 g/mol. The Morgan fingerprint density at radius 2 is 1.62 bits per heavy atom. The van der Waals surface area contributed by atoms with Gasteiger partial charge in [0, 0.05) is 17.6 Å². The van der Waals surface area contributed by atoms with E-state index in [1.807, 2.05) is 45.0 Å². The number of halogens is 1. The number of benzene rings is 3. The van der Waals surface area contributed by atoms with Crippen LogP contribution in [0.15, 0.2) is 82.2 Å². The van der Waals surface area contributed by atoms with Crippen LogP contribution in [0.25, 0.3) is 0 Å². The summed E-state index contributed by atoms with van der Waals surface area (Å²) < 4.78 is 29.6. The summed E-state index contributed by atoms with van der Waals surface area (Å²) in [7, 11) is -4.09. The lowest BCUT2D eigenvalue weighted by atomic mass is 10.1. The molecule has 0 bridgehead atoms. The maximum atomic E-state index is 13.9. The van der Waals surface area contributed by atoms with Crippen LogP contribution in [0.2, 0.25) is 0 Å². The van der Waals surface area contributed by atoms with Gasteiger partial charge in [0.15, 0.2) is 0 Å². The maximum absolute atomic E-state index is 13.9. The second kappa shape index (κ2) is 13.8. The van der Waals surface area contributed by atoms with Crippen LogP contribution >= 0.6 is 15.9 Å². The standard InChI is InChI=1S/C30H36BrN3O4S/c1-5-6-18-32-30(36)24(4)33(20-25-9-7-8-23(3)19-25)29(35)21-34(27-14-12-26(31)13-15-27)39(37,38)28-16-10-22(2)11-17-28/h7-17,19,24H,5-6,18,20-21H2,1-4H3,(H,32,36). The Morgan fingerprint density at radius 3 is 2.23 bits per heavy atom. The molecule has 0 fully saturated rings. The number of sulfonamides is 1. The van der Waals surface area contributed by atoms with Gasteiger partial charge in [-0.3, -0.25) is 13.9 Å². The van der Waals surface area contributed by atoms with E-state index in [1.54, 1.807) is 43.3 Å². The van der Waals surface area contributed by atoms with Crippen LogP contribution < -0.4 is 9.62 Å². The Balaban J connectivity index is 1.99. The molecule has 0 aliphatic carbocycles. The van der Waals surface area contributed by atoms with Gasteiger partial charge >= 0.3 is 0 Å². The van der Waals surface area contributed by atoms with Crippen molar-refractivity contribution in [1.29, 1.82) is 0 Å². The number of hydrogen-bond donors (Lipinski definition) is 1. The molecule has 0 saturated heterocycles. The van der Waals surface area contributed by atoms with E-state index >= 15 is 0 Å².